The molecule has 0 aliphatic carbocycles. The summed E-state index contributed by atoms with van der Waals surface area (Å²) < 4.78 is 16.8. The first-order valence-electron chi connectivity index (χ1n) is 25.2. The van der Waals surface area contributed by atoms with Gasteiger partial charge < -0.3 is 14.2 Å². The van der Waals surface area contributed by atoms with Gasteiger partial charge in [-0.1, -0.05) is 240 Å². The minimum Gasteiger partial charge on any atom is -0.462 e. The van der Waals surface area contributed by atoms with E-state index < -0.39 is 6.10 Å². The van der Waals surface area contributed by atoms with Gasteiger partial charge in [0, 0.05) is 19.3 Å². The summed E-state index contributed by atoms with van der Waals surface area (Å²) in [5.74, 6) is 0.795. The van der Waals surface area contributed by atoms with Crippen molar-refractivity contribution < 1.29 is 28.6 Å². The van der Waals surface area contributed by atoms with Crippen molar-refractivity contribution >= 4 is 17.9 Å². The Bertz CT molecular complexity index is 870. The lowest BCUT2D eigenvalue weighted by atomic mass is 10.0. The van der Waals surface area contributed by atoms with Crippen molar-refractivity contribution in [3.05, 3.63) is 0 Å². The first-order chi connectivity index (χ1) is 27.7. The molecular formula is C51H98O6. The van der Waals surface area contributed by atoms with Crippen LogP contribution in [0.25, 0.3) is 0 Å². The molecule has 0 aromatic rings. The number of carbonyl (C=O) groups excluding carboxylic acids is 3. The molecule has 57 heavy (non-hydrogen) atoms. The number of carbonyl (C=O) groups is 3. The van der Waals surface area contributed by atoms with Crippen molar-refractivity contribution in [3.8, 4) is 0 Å². The fourth-order valence-electron chi connectivity index (χ4n) is 7.64. The Hall–Kier alpha value is -1.59. The highest BCUT2D eigenvalue weighted by Gasteiger charge is 2.19. The molecule has 0 unspecified atom stereocenters. The molecule has 0 N–H and O–H groups in total. The van der Waals surface area contributed by atoms with Gasteiger partial charge in [-0.2, -0.15) is 0 Å². The van der Waals surface area contributed by atoms with Crippen molar-refractivity contribution in [2.45, 2.75) is 285 Å². The molecule has 0 radical (unpaired) electrons. The third-order valence-corrected chi connectivity index (χ3v) is 11.5. The third-order valence-electron chi connectivity index (χ3n) is 11.5. The monoisotopic (exact) mass is 807 g/mol. The largest absolute Gasteiger partial charge is 0.462 e. The molecule has 0 heterocycles. The average molecular weight is 807 g/mol. The van der Waals surface area contributed by atoms with Gasteiger partial charge in [0.1, 0.15) is 13.2 Å². The van der Waals surface area contributed by atoms with E-state index in [9.17, 15) is 14.4 Å². The highest BCUT2D eigenvalue weighted by atomic mass is 16.6. The van der Waals surface area contributed by atoms with Gasteiger partial charge in [-0.3, -0.25) is 14.4 Å². The van der Waals surface area contributed by atoms with Gasteiger partial charge in [0.25, 0.3) is 0 Å². The molecule has 6 heteroatoms. The van der Waals surface area contributed by atoms with E-state index in [1.54, 1.807) is 0 Å². The second-order valence-electron chi connectivity index (χ2n) is 18.4. The summed E-state index contributed by atoms with van der Waals surface area (Å²) in [6, 6.07) is 0. The first-order valence-corrected chi connectivity index (χ1v) is 25.2. The van der Waals surface area contributed by atoms with Gasteiger partial charge in [0.2, 0.25) is 0 Å². The van der Waals surface area contributed by atoms with Crippen molar-refractivity contribution in [1.82, 2.24) is 0 Å². The zero-order chi connectivity index (χ0) is 41.9. The smallest absolute Gasteiger partial charge is 0.306 e. The van der Waals surface area contributed by atoms with Gasteiger partial charge in [-0.05, 0) is 31.1 Å². The Labute approximate surface area is 355 Å². The van der Waals surface area contributed by atoms with Crippen LogP contribution >= 0.6 is 0 Å². The van der Waals surface area contributed by atoms with E-state index in [4.69, 9.17) is 14.2 Å². The molecule has 1 atom stereocenters. The second kappa shape index (κ2) is 44.0. The maximum absolute atomic E-state index is 12.8. The van der Waals surface area contributed by atoms with E-state index in [1.165, 1.54) is 167 Å². The summed E-state index contributed by atoms with van der Waals surface area (Å²) in [5, 5.41) is 0. The highest BCUT2D eigenvalue weighted by Crippen LogP contribution is 2.17. The zero-order valence-corrected chi connectivity index (χ0v) is 39.0. The molecule has 338 valence electrons. The highest BCUT2D eigenvalue weighted by molar-refractivity contribution is 5.71. The fourth-order valence-corrected chi connectivity index (χ4v) is 7.64. The van der Waals surface area contributed by atoms with E-state index in [-0.39, 0.29) is 31.1 Å². The van der Waals surface area contributed by atoms with E-state index in [0.29, 0.717) is 19.3 Å². The number of hydrogen-bond donors (Lipinski definition) is 0. The lowest BCUT2D eigenvalue weighted by Crippen LogP contribution is -2.30. The van der Waals surface area contributed by atoms with Gasteiger partial charge >= 0.3 is 17.9 Å². The summed E-state index contributed by atoms with van der Waals surface area (Å²) in [4.78, 5) is 37.9. The van der Waals surface area contributed by atoms with Gasteiger partial charge in [0.05, 0.1) is 0 Å². The molecule has 0 bridgehead atoms. The van der Waals surface area contributed by atoms with Crippen LogP contribution in [0.4, 0.5) is 0 Å². The van der Waals surface area contributed by atoms with Crippen LogP contribution in [0.5, 0.6) is 0 Å². The van der Waals surface area contributed by atoms with Crippen molar-refractivity contribution in [3.63, 3.8) is 0 Å². The van der Waals surface area contributed by atoms with Crippen LogP contribution in [-0.4, -0.2) is 37.2 Å². The number of esters is 3. The van der Waals surface area contributed by atoms with Crippen LogP contribution in [0.2, 0.25) is 0 Å². The van der Waals surface area contributed by atoms with Gasteiger partial charge in [-0.15, -0.1) is 0 Å². The van der Waals surface area contributed by atoms with E-state index in [1.807, 2.05) is 0 Å². The Kier molecular flexibility index (Phi) is 42.7. The molecule has 6 nitrogen and oxygen atoms in total. The summed E-state index contributed by atoms with van der Waals surface area (Å²) in [5.41, 5.74) is 0. The quantitative estimate of drug-likeness (QED) is 0.0346. The van der Waals surface area contributed by atoms with Crippen molar-refractivity contribution in [2.24, 2.45) is 11.8 Å². The van der Waals surface area contributed by atoms with Crippen LogP contribution in [0, 0.1) is 11.8 Å². The zero-order valence-electron chi connectivity index (χ0n) is 39.0. The predicted octanol–water partition coefficient (Wildman–Crippen LogP) is 16.1. The SMILES string of the molecule is CCCCCCCCCCCCCCC(=O)O[C@@H](COC(=O)CCCCCCCCCCCCCC(C)C)COC(=O)CCCCCCCCCCCCC(C)C. The maximum Gasteiger partial charge on any atom is 0.306 e. The molecule has 0 aromatic carbocycles. The topological polar surface area (TPSA) is 78.9 Å². The van der Waals surface area contributed by atoms with Crippen LogP contribution < -0.4 is 0 Å². The second-order valence-corrected chi connectivity index (χ2v) is 18.4. The predicted molar refractivity (Wildman–Crippen MR) is 243 cm³/mol. The minimum absolute atomic E-state index is 0.0640. The molecule has 0 saturated carbocycles. The molecule has 0 rings (SSSR count). The molecule has 0 spiro atoms. The number of unbranched alkanes of at least 4 members (excludes halogenated alkanes) is 30. The standard InChI is InChI=1S/C51H98O6/c1-6-7-8-9-10-11-12-15-23-28-33-38-43-51(54)57-48(45-56-50(53)42-37-32-27-22-18-17-20-25-30-35-40-47(4)5)44-55-49(52)41-36-31-26-21-16-13-14-19-24-29-34-39-46(2)3/h46-48H,6-45H2,1-5H3/t48-/m0/s1. The number of ether oxygens (including phenoxy) is 3. The van der Waals surface area contributed by atoms with Crippen LogP contribution in [0.3, 0.4) is 0 Å². The van der Waals surface area contributed by atoms with Crippen LogP contribution in [-0.2, 0) is 28.6 Å². The van der Waals surface area contributed by atoms with Crippen LogP contribution in [0.15, 0.2) is 0 Å². The summed E-state index contributed by atoms with van der Waals surface area (Å²) in [7, 11) is 0. The average Bonchev–Trinajstić information content (AvgIpc) is 3.18. The molecule has 0 aliphatic heterocycles. The molecule has 0 aliphatic rings. The Morgan fingerprint density at radius 3 is 0.860 bits per heavy atom. The summed E-state index contributed by atoms with van der Waals surface area (Å²) >= 11 is 0. The Morgan fingerprint density at radius 1 is 0.333 bits per heavy atom. The Morgan fingerprint density at radius 2 is 0.579 bits per heavy atom. The lowest BCUT2D eigenvalue weighted by Gasteiger charge is -2.18. The third kappa shape index (κ3) is 45.3. The molecule has 0 fully saturated rings. The minimum atomic E-state index is -0.761. The Balaban J connectivity index is 4.32. The lowest BCUT2D eigenvalue weighted by molar-refractivity contribution is -0.167. The fraction of sp³-hybridized carbons (Fsp3) is 0.941. The summed E-state index contributed by atoms with van der Waals surface area (Å²) in [6.45, 7) is 11.3. The number of hydrogen-bond acceptors (Lipinski definition) is 6. The molecular weight excluding hydrogens is 709 g/mol. The van der Waals surface area contributed by atoms with Crippen molar-refractivity contribution in [2.75, 3.05) is 13.2 Å². The first kappa shape index (κ1) is 55.4. The van der Waals surface area contributed by atoms with E-state index in [2.05, 4.69) is 34.6 Å². The summed E-state index contributed by atoms with van der Waals surface area (Å²) in [6.07, 6.45) is 43.7. The molecule has 0 aromatic heterocycles. The van der Waals surface area contributed by atoms with Gasteiger partial charge in [0.15, 0.2) is 6.10 Å². The molecule has 0 saturated heterocycles. The van der Waals surface area contributed by atoms with Crippen molar-refractivity contribution in [1.29, 1.82) is 0 Å². The van der Waals surface area contributed by atoms with E-state index >= 15 is 0 Å². The normalized spacial score (nSPS) is 12.1. The number of rotatable bonds is 45. The van der Waals surface area contributed by atoms with Gasteiger partial charge in [-0.25, -0.2) is 0 Å². The van der Waals surface area contributed by atoms with Crippen LogP contribution in [0.1, 0.15) is 279 Å². The maximum atomic E-state index is 12.8. The molecule has 0 amide bonds. The van der Waals surface area contributed by atoms with E-state index in [0.717, 1.165) is 69.6 Å².